The third-order valence-corrected chi connectivity index (χ3v) is 6.16. The van der Waals surface area contributed by atoms with Crippen molar-refractivity contribution in [2.24, 2.45) is 5.92 Å². The first-order valence-electron chi connectivity index (χ1n) is 6.98. The molecule has 2 heterocycles. The minimum absolute atomic E-state index is 0.377. The number of rotatable bonds is 3. The minimum atomic E-state index is -0.711. The predicted molar refractivity (Wildman–Crippen MR) is 81.7 cm³/mol. The SMILES string of the molecule is O=C(O)C1CC2CCCCC2N1Cc1cc(Cl)sc1Cl. The molecular formula is C14H17Cl2NO2S. The first-order valence-corrected chi connectivity index (χ1v) is 8.55. The largest absolute Gasteiger partial charge is 0.480 e. The highest BCUT2D eigenvalue weighted by atomic mass is 35.5. The standard InChI is InChI=1S/C14H17Cl2NO2S/c15-12-6-9(13(16)20-12)7-17-10-4-2-1-3-8(10)5-11(17)14(18)19/h6,8,10-11H,1-5,7H2,(H,18,19). The number of carboxylic acid groups (broad SMARTS) is 1. The van der Waals surface area contributed by atoms with E-state index in [0.717, 1.165) is 24.8 Å². The Bertz CT molecular complexity index is 519. The Labute approximate surface area is 132 Å². The molecule has 1 aromatic rings. The average molecular weight is 334 g/mol. The molecule has 0 radical (unpaired) electrons. The summed E-state index contributed by atoms with van der Waals surface area (Å²) in [6.45, 7) is 0.597. The molecule has 20 heavy (non-hydrogen) atoms. The van der Waals surface area contributed by atoms with Crippen LogP contribution in [-0.4, -0.2) is 28.1 Å². The number of carbonyl (C=O) groups is 1. The molecule has 1 aromatic heterocycles. The van der Waals surface area contributed by atoms with E-state index in [2.05, 4.69) is 4.90 Å². The van der Waals surface area contributed by atoms with E-state index in [1.165, 1.54) is 24.2 Å². The predicted octanol–water partition coefficient (Wildman–Crippen LogP) is 4.27. The van der Waals surface area contributed by atoms with E-state index in [0.29, 0.717) is 27.2 Å². The molecule has 0 bridgehead atoms. The van der Waals surface area contributed by atoms with Crippen LogP contribution < -0.4 is 0 Å². The third kappa shape index (κ3) is 2.71. The molecule has 2 aliphatic rings. The van der Waals surface area contributed by atoms with Gasteiger partial charge in [-0.2, -0.15) is 0 Å². The van der Waals surface area contributed by atoms with Gasteiger partial charge in [-0.25, -0.2) is 0 Å². The number of fused-ring (bicyclic) bond motifs is 1. The lowest BCUT2D eigenvalue weighted by molar-refractivity contribution is -0.142. The van der Waals surface area contributed by atoms with Crippen molar-refractivity contribution in [2.75, 3.05) is 0 Å². The lowest BCUT2D eigenvalue weighted by atomic mass is 9.84. The molecule has 1 aliphatic carbocycles. The summed E-state index contributed by atoms with van der Waals surface area (Å²) in [5.41, 5.74) is 0.958. The first kappa shape index (κ1) is 14.6. The van der Waals surface area contributed by atoms with Crippen LogP contribution in [0.5, 0.6) is 0 Å². The number of hydrogen-bond donors (Lipinski definition) is 1. The van der Waals surface area contributed by atoms with Crippen LogP contribution in [-0.2, 0) is 11.3 Å². The molecular weight excluding hydrogens is 317 g/mol. The van der Waals surface area contributed by atoms with Crippen molar-refractivity contribution in [1.82, 2.24) is 4.90 Å². The van der Waals surface area contributed by atoms with Crippen molar-refractivity contribution in [3.05, 3.63) is 20.3 Å². The van der Waals surface area contributed by atoms with Crippen LogP contribution in [0, 0.1) is 5.92 Å². The van der Waals surface area contributed by atoms with Gasteiger partial charge in [0.05, 0.1) is 8.67 Å². The topological polar surface area (TPSA) is 40.5 Å². The number of carboxylic acids is 1. The van der Waals surface area contributed by atoms with Crippen LogP contribution in [0.2, 0.25) is 8.67 Å². The molecule has 3 rings (SSSR count). The second-order valence-corrected chi connectivity index (χ2v) is 8.01. The Kier molecular flexibility index (Phi) is 4.27. The summed E-state index contributed by atoms with van der Waals surface area (Å²) >= 11 is 13.5. The number of nitrogens with zero attached hydrogens (tertiary/aromatic N) is 1. The van der Waals surface area contributed by atoms with Crippen LogP contribution >= 0.6 is 34.5 Å². The van der Waals surface area contributed by atoms with Crippen LogP contribution in [0.4, 0.5) is 0 Å². The molecule has 3 unspecified atom stereocenters. The van der Waals surface area contributed by atoms with Crippen LogP contribution in [0.3, 0.4) is 0 Å². The van der Waals surface area contributed by atoms with E-state index < -0.39 is 5.97 Å². The van der Waals surface area contributed by atoms with E-state index in [-0.39, 0.29) is 6.04 Å². The Morgan fingerprint density at radius 2 is 2.15 bits per heavy atom. The third-order valence-electron chi connectivity index (χ3n) is 4.59. The summed E-state index contributed by atoms with van der Waals surface area (Å²) in [7, 11) is 0. The summed E-state index contributed by atoms with van der Waals surface area (Å²) in [5.74, 6) is -0.186. The molecule has 3 nitrogen and oxygen atoms in total. The highest BCUT2D eigenvalue weighted by Gasteiger charge is 2.45. The van der Waals surface area contributed by atoms with Gasteiger partial charge in [0, 0.05) is 12.6 Å². The second kappa shape index (κ2) is 5.84. The number of hydrogen-bond acceptors (Lipinski definition) is 3. The van der Waals surface area contributed by atoms with Crippen molar-refractivity contribution in [1.29, 1.82) is 0 Å². The molecule has 0 amide bonds. The van der Waals surface area contributed by atoms with Crippen LogP contribution in [0.15, 0.2) is 6.07 Å². The fourth-order valence-corrected chi connectivity index (χ4v) is 5.17. The highest BCUT2D eigenvalue weighted by molar-refractivity contribution is 7.20. The summed E-state index contributed by atoms with van der Waals surface area (Å²) in [6, 6.07) is 1.88. The van der Waals surface area contributed by atoms with E-state index in [1.54, 1.807) is 0 Å². The van der Waals surface area contributed by atoms with Gasteiger partial charge in [-0.3, -0.25) is 9.69 Å². The zero-order valence-corrected chi connectivity index (χ0v) is 13.3. The molecule has 0 aromatic carbocycles. The van der Waals surface area contributed by atoms with Gasteiger partial charge in [0.25, 0.3) is 0 Å². The zero-order valence-electron chi connectivity index (χ0n) is 11.0. The maximum absolute atomic E-state index is 11.5. The Hall–Kier alpha value is -0.290. The van der Waals surface area contributed by atoms with Crippen LogP contribution in [0.25, 0.3) is 0 Å². The summed E-state index contributed by atoms with van der Waals surface area (Å²) in [5, 5.41) is 9.49. The Balaban J connectivity index is 1.84. The van der Waals surface area contributed by atoms with E-state index in [4.69, 9.17) is 23.2 Å². The summed E-state index contributed by atoms with van der Waals surface area (Å²) in [6.07, 6.45) is 5.46. The van der Waals surface area contributed by atoms with Crippen molar-refractivity contribution >= 4 is 40.5 Å². The van der Waals surface area contributed by atoms with Gasteiger partial charge in [-0.1, -0.05) is 36.0 Å². The number of aliphatic carboxylic acids is 1. The van der Waals surface area contributed by atoms with E-state index in [9.17, 15) is 9.90 Å². The quantitative estimate of drug-likeness (QED) is 0.897. The van der Waals surface area contributed by atoms with Gasteiger partial charge in [-0.05, 0) is 36.8 Å². The van der Waals surface area contributed by atoms with Crippen molar-refractivity contribution in [2.45, 2.75) is 50.7 Å². The summed E-state index contributed by atoms with van der Waals surface area (Å²) < 4.78 is 1.34. The number of thiophene rings is 1. The second-order valence-electron chi connectivity index (χ2n) is 5.72. The van der Waals surface area contributed by atoms with Crippen molar-refractivity contribution in [3.63, 3.8) is 0 Å². The maximum Gasteiger partial charge on any atom is 0.320 e. The maximum atomic E-state index is 11.5. The van der Waals surface area contributed by atoms with Gasteiger partial charge >= 0.3 is 5.97 Å². The minimum Gasteiger partial charge on any atom is -0.480 e. The fraction of sp³-hybridized carbons (Fsp3) is 0.643. The zero-order chi connectivity index (χ0) is 14.3. The highest BCUT2D eigenvalue weighted by Crippen LogP contribution is 2.42. The Morgan fingerprint density at radius 3 is 2.80 bits per heavy atom. The molecule has 2 fully saturated rings. The molecule has 1 N–H and O–H groups in total. The molecule has 110 valence electrons. The lowest BCUT2D eigenvalue weighted by Gasteiger charge is -2.32. The molecule has 1 aliphatic heterocycles. The average Bonchev–Trinajstić information content (AvgIpc) is 2.91. The van der Waals surface area contributed by atoms with Crippen molar-refractivity contribution < 1.29 is 9.90 Å². The van der Waals surface area contributed by atoms with Crippen LogP contribution in [0.1, 0.15) is 37.7 Å². The number of halogens is 2. The smallest absolute Gasteiger partial charge is 0.320 e. The molecule has 3 atom stereocenters. The molecule has 1 saturated carbocycles. The fourth-order valence-electron chi connectivity index (χ4n) is 3.70. The van der Waals surface area contributed by atoms with Crippen molar-refractivity contribution in [3.8, 4) is 0 Å². The summed E-state index contributed by atoms with van der Waals surface area (Å²) in [4.78, 5) is 13.7. The first-order chi connectivity index (χ1) is 9.56. The monoisotopic (exact) mass is 333 g/mol. The molecule has 1 saturated heterocycles. The van der Waals surface area contributed by atoms with Gasteiger partial charge in [-0.15, -0.1) is 11.3 Å². The Morgan fingerprint density at radius 1 is 1.40 bits per heavy atom. The van der Waals surface area contributed by atoms with Gasteiger partial charge in [0.2, 0.25) is 0 Å². The van der Waals surface area contributed by atoms with E-state index >= 15 is 0 Å². The van der Waals surface area contributed by atoms with E-state index in [1.807, 2.05) is 6.07 Å². The van der Waals surface area contributed by atoms with Gasteiger partial charge in [0.1, 0.15) is 6.04 Å². The normalized spacial score (nSPS) is 30.4. The molecule has 6 heteroatoms. The van der Waals surface area contributed by atoms with Gasteiger partial charge < -0.3 is 5.11 Å². The molecule has 0 spiro atoms. The number of likely N-dealkylation sites (tertiary alicyclic amines) is 1. The van der Waals surface area contributed by atoms with Gasteiger partial charge in [0.15, 0.2) is 0 Å². The lowest BCUT2D eigenvalue weighted by Crippen LogP contribution is -2.41.